The lowest BCUT2D eigenvalue weighted by Crippen LogP contribution is -2.44. The van der Waals surface area contributed by atoms with E-state index in [1.165, 1.54) is 12.4 Å². The molecule has 4 heterocycles. The molecular weight excluding hydrogens is 510 g/mol. The Hall–Kier alpha value is -2.71. The monoisotopic (exact) mass is 531 g/mol. The molecule has 3 aromatic rings. The van der Waals surface area contributed by atoms with E-state index >= 15 is 4.39 Å². The van der Waals surface area contributed by atoms with Gasteiger partial charge in [0.25, 0.3) is 10.0 Å². The van der Waals surface area contributed by atoms with Crippen LogP contribution in [0.3, 0.4) is 0 Å². The second kappa shape index (κ2) is 9.06. The summed E-state index contributed by atoms with van der Waals surface area (Å²) in [5.41, 5.74) is 0.941. The minimum atomic E-state index is -4.32. The lowest BCUT2D eigenvalue weighted by Gasteiger charge is -2.45. The van der Waals surface area contributed by atoms with Gasteiger partial charge in [-0.25, -0.2) is 17.8 Å². The van der Waals surface area contributed by atoms with E-state index in [-0.39, 0.29) is 36.9 Å². The number of aromatic amines is 1. The molecule has 5 rings (SSSR count). The van der Waals surface area contributed by atoms with Crippen LogP contribution in [-0.4, -0.2) is 47.8 Å². The predicted molar refractivity (Wildman–Crippen MR) is 119 cm³/mol. The number of alkyl halides is 3. The molecule has 2 N–H and O–H groups in total. The quantitative estimate of drug-likeness (QED) is 0.465. The summed E-state index contributed by atoms with van der Waals surface area (Å²) >= 11 is 1.05. The third-order valence-electron chi connectivity index (χ3n) is 6.40. The Balaban J connectivity index is 1.48. The van der Waals surface area contributed by atoms with Crippen LogP contribution < -0.4 is 9.46 Å². The van der Waals surface area contributed by atoms with Crippen molar-refractivity contribution >= 4 is 26.5 Å². The Bertz CT molecular complexity index is 1280. The number of thiazole rings is 1. The number of benzene rings is 1. The summed E-state index contributed by atoms with van der Waals surface area (Å²) in [7, 11) is -4.27. The number of halogens is 4. The van der Waals surface area contributed by atoms with Crippen molar-refractivity contribution in [2.45, 2.75) is 42.4 Å². The van der Waals surface area contributed by atoms with E-state index in [1.54, 1.807) is 11.4 Å². The minimum Gasteiger partial charge on any atom is -0.493 e. The number of nitrogens with zero attached hydrogens (tertiary/aromatic N) is 3. The zero-order valence-electron chi connectivity index (χ0n) is 18.1. The number of H-pyrrole nitrogens is 1. The lowest BCUT2D eigenvalue weighted by atomic mass is 9.85. The van der Waals surface area contributed by atoms with Crippen LogP contribution in [0, 0.1) is 11.7 Å². The van der Waals surface area contributed by atoms with Crippen molar-refractivity contribution in [2.75, 3.05) is 17.9 Å². The maximum atomic E-state index is 15.2. The Kier molecular flexibility index (Phi) is 6.21. The van der Waals surface area contributed by atoms with Crippen molar-refractivity contribution in [3.8, 4) is 5.75 Å². The van der Waals surface area contributed by atoms with Gasteiger partial charge in [-0.05, 0) is 25.0 Å². The molecule has 1 fully saturated rings. The molecule has 1 saturated heterocycles. The average Bonchev–Trinajstić information content (AvgIpc) is 3.51. The third kappa shape index (κ3) is 4.74. The van der Waals surface area contributed by atoms with Gasteiger partial charge in [-0.1, -0.05) is 0 Å². The number of rotatable bonds is 5. The van der Waals surface area contributed by atoms with E-state index in [0.29, 0.717) is 17.7 Å². The molecule has 8 nitrogen and oxygen atoms in total. The van der Waals surface area contributed by atoms with Gasteiger partial charge in [-0.2, -0.15) is 18.3 Å². The molecule has 0 bridgehead atoms. The number of fused-ring (bicyclic) bond motifs is 1. The maximum Gasteiger partial charge on any atom is 0.391 e. The van der Waals surface area contributed by atoms with Gasteiger partial charge in [-0.15, -0.1) is 11.3 Å². The van der Waals surface area contributed by atoms with Crippen LogP contribution in [-0.2, 0) is 10.0 Å². The molecule has 14 heteroatoms. The first kappa shape index (κ1) is 24.0. The Morgan fingerprint density at radius 1 is 1.20 bits per heavy atom. The van der Waals surface area contributed by atoms with Crippen LogP contribution in [0.4, 0.5) is 22.7 Å². The van der Waals surface area contributed by atoms with Crippen molar-refractivity contribution in [3.63, 3.8) is 0 Å². The summed E-state index contributed by atoms with van der Waals surface area (Å²) < 4.78 is 89.2. The molecule has 0 spiro atoms. The zero-order chi connectivity index (χ0) is 24.8. The Labute approximate surface area is 202 Å². The molecule has 3 atom stereocenters. The van der Waals surface area contributed by atoms with E-state index in [9.17, 15) is 21.6 Å². The molecule has 0 aliphatic carbocycles. The topological polar surface area (TPSA) is 100 Å². The molecule has 0 radical (unpaired) electrons. The molecule has 1 aromatic carbocycles. The van der Waals surface area contributed by atoms with Crippen molar-refractivity contribution in [3.05, 3.63) is 53.0 Å². The summed E-state index contributed by atoms with van der Waals surface area (Å²) in [5.74, 6) is -2.26. The van der Waals surface area contributed by atoms with Crippen LogP contribution in [0.15, 0.2) is 40.9 Å². The summed E-state index contributed by atoms with van der Waals surface area (Å²) in [6.45, 7) is 0.336. The number of piperidine rings is 1. The number of ether oxygens (including phenoxy) is 1. The van der Waals surface area contributed by atoms with Gasteiger partial charge in [-0.3, -0.25) is 14.7 Å². The van der Waals surface area contributed by atoms with E-state index in [1.807, 2.05) is 4.90 Å². The first-order valence-corrected chi connectivity index (χ1v) is 13.2. The molecule has 0 saturated carbocycles. The predicted octanol–water partition coefficient (Wildman–Crippen LogP) is 4.65. The molecule has 2 aliphatic rings. The molecule has 2 aromatic heterocycles. The van der Waals surface area contributed by atoms with Crippen molar-refractivity contribution < 1.29 is 30.7 Å². The number of hydrogen-bond acceptors (Lipinski definition) is 7. The average molecular weight is 532 g/mol. The van der Waals surface area contributed by atoms with Crippen molar-refractivity contribution in [1.29, 1.82) is 0 Å². The second-order valence-corrected chi connectivity index (χ2v) is 11.0. The number of nitrogens with one attached hydrogen (secondary N) is 2. The minimum absolute atomic E-state index is 0.0898. The fourth-order valence-corrected chi connectivity index (χ4v) is 6.64. The number of anilines is 1. The van der Waals surface area contributed by atoms with Gasteiger partial charge < -0.3 is 4.74 Å². The molecule has 2 aliphatic heterocycles. The second-order valence-electron chi connectivity index (χ2n) is 8.44. The third-order valence-corrected chi connectivity index (χ3v) is 8.58. The Morgan fingerprint density at radius 2 is 2.03 bits per heavy atom. The molecule has 0 amide bonds. The van der Waals surface area contributed by atoms with Crippen LogP contribution in [0.1, 0.15) is 42.6 Å². The highest BCUT2D eigenvalue weighted by Crippen LogP contribution is 2.48. The summed E-state index contributed by atoms with van der Waals surface area (Å²) in [6, 6.07) is 2.79. The number of sulfonamides is 1. The van der Waals surface area contributed by atoms with E-state index < -0.39 is 44.9 Å². The summed E-state index contributed by atoms with van der Waals surface area (Å²) in [4.78, 5) is 5.16. The van der Waals surface area contributed by atoms with Gasteiger partial charge in [0.1, 0.15) is 16.5 Å². The van der Waals surface area contributed by atoms with Crippen molar-refractivity contribution in [1.82, 2.24) is 20.1 Å². The summed E-state index contributed by atoms with van der Waals surface area (Å²) in [5, 5.41) is 8.34. The zero-order valence-corrected chi connectivity index (χ0v) is 19.8. The van der Waals surface area contributed by atoms with Gasteiger partial charge >= 0.3 is 6.18 Å². The van der Waals surface area contributed by atoms with Gasteiger partial charge in [0.15, 0.2) is 5.13 Å². The van der Waals surface area contributed by atoms with Gasteiger partial charge in [0.2, 0.25) is 0 Å². The van der Waals surface area contributed by atoms with Crippen molar-refractivity contribution in [2.24, 2.45) is 5.92 Å². The van der Waals surface area contributed by atoms with Crippen LogP contribution in [0.5, 0.6) is 5.75 Å². The Morgan fingerprint density at radius 3 is 2.71 bits per heavy atom. The maximum absolute atomic E-state index is 15.2. The molecule has 188 valence electrons. The highest BCUT2D eigenvalue weighted by atomic mass is 32.2. The van der Waals surface area contributed by atoms with Gasteiger partial charge in [0, 0.05) is 48.4 Å². The van der Waals surface area contributed by atoms with E-state index in [4.69, 9.17) is 4.74 Å². The van der Waals surface area contributed by atoms with Crippen LogP contribution >= 0.6 is 11.3 Å². The first-order chi connectivity index (χ1) is 16.6. The molecule has 0 unspecified atom stereocenters. The normalized spacial score (nSPS) is 23.5. The first-order valence-electron chi connectivity index (χ1n) is 10.8. The van der Waals surface area contributed by atoms with Crippen LogP contribution in [0.25, 0.3) is 0 Å². The molecular formula is C21H21F4N5O3S2. The van der Waals surface area contributed by atoms with E-state index in [2.05, 4.69) is 19.9 Å². The van der Waals surface area contributed by atoms with E-state index in [0.717, 1.165) is 23.5 Å². The smallest absolute Gasteiger partial charge is 0.391 e. The number of hydrogen-bond donors (Lipinski definition) is 2. The van der Waals surface area contributed by atoms with Gasteiger partial charge in [0.05, 0.1) is 24.3 Å². The fraction of sp³-hybridized carbons (Fsp3) is 0.429. The fourth-order valence-electron chi connectivity index (χ4n) is 4.78. The standard InChI is InChI=1S/C21H21F4N5O3S2/c22-14-10-13-16(30-6-2-12(21(23,24)25)9-17(30)15-1-4-27-28-15)3-7-33-18(13)11-19(14)35(31,32)29-20-26-5-8-34-20/h1,4-5,8,10-12,16-17H,2-3,6-7,9H2,(H,26,29)(H,27,28)/t12-,16-,17+/m1/s1. The highest BCUT2D eigenvalue weighted by molar-refractivity contribution is 7.93. The largest absolute Gasteiger partial charge is 0.493 e. The molecule has 35 heavy (non-hydrogen) atoms. The summed E-state index contributed by atoms with van der Waals surface area (Å²) in [6.07, 6.45) is -1.26. The highest BCUT2D eigenvalue weighted by Gasteiger charge is 2.47. The van der Waals surface area contributed by atoms with Crippen LogP contribution in [0.2, 0.25) is 0 Å². The number of aromatic nitrogens is 3. The SMILES string of the molecule is O=S(=O)(Nc1nccs1)c1cc2c(cc1F)[C@H](N1CC[C@@H](C(F)(F)F)C[C@H]1c1ccn[nH]1)CCO2. The number of likely N-dealkylation sites (tertiary alicyclic amines) is 1. The lowest BCUT2D eigenvalue weighted by molar-refractivity contribution is -0.192.